The molecule has 34 heavy (non-hydrogen) atoms. The molecule has 3 aromatic rings. The molecule has 11 heteroatoms. The number of alkyl halides is 3. The summed E-state index contributed by atoms with van der Waals surface area (Å²) >= 11 is 0. The van der Waals surface area contributed by atoms with Crippen LogP contribution in [0.5, 0.6) is 5.75 Å². The van der Waals surface area contributed by atoms with Crippen LogP contribution in [0, 0.1) is 28.9 Å². The summed E-state index contributed by atoms with van der Waals surface area (Å²) in [5, 5.41) is 9.22. The Hall–Kier alpha value is -3.52. The van der Waals surface area contributed by atoms with Gasteiger partial charge in [0.2, 0.25) is 5.82 Å². The first kappa shape index (κ1) is 23.6. The monoisotopic (exact) mass is 479 g/mol. The quantitative estimate of drug-likeness (QED) is 0.541. The van der Waals surface area contributed by atoms with E-state index in [-0.39, 0.29) is 28.0 Å². The Kier molecular flexibility index (Phi) is 5.60. The molecule has 1 N–H and O–H groups in total. The molecule has 0 bridgehead atoms. The van der Waals surface area contributed by atoms with E-state index in [9.17, 15) is 26.7 Å². The van der Waals surface area contributed by atoms with E-state index in [1.165, 1.54) is 19.1 Å². The van der Waals surface area contributed by atoms with E-state index in [1.54, 1.807) is 0 Å². The Labute approximate surface area is 189 Å². The highest BCUT2D eigenvalue weighted by Crippen LogP contribution is 2.59. The van der Waals surface area contributed by atoms with E-state index < -0.39 is 52.5 Å². The molecule has 1 saturated heterocycles. The second kappa shape index (κ2) is 8.06. The fraction of sp³-hybridized carbons (Fsp3) is 0.348. The highest BCUT2D eigenvalue weighted by Gasteiger charge is 2.65. The summed E-state index contributed by atoms with van der Waals surface area (Å²) in [6, 6.07) is 7.54. The first-order valence-electron chi connectivity index (χ1n) is 10.1. The number of H-pyrrole nitrogens is 1. The minimum atomic E-state index is -4.82. The van der Waals surface area contributed by atoms with Gasteiger partial charge in [0.25, 0.3) is 0 Å². The lowest BCUT2D eigenvalue weighted by Crippen LogP contribution is -2.46. The number of aromatic amines is 1. The van der Waals surface area contributed by atoms with Crippen molar-refractivity contribution in [1.82, 2.24) is 9.97 Å². The minimum Gasteiger partial charge on any atom is -0.493 e. The molecule has 1 aliphatic heterocycles. The molecule has 1 aliphatic rings. The van der Waals surface area contributed by atoms with Gasteiger partial charge in [0.05, 0.1) is 18.2 Å². The van der Waals surface area contributed by atoms with Gasteiger partial charge in [-0.1, -0.05) is 13.0 Å². The second-order valence-electron chi connectivity index (χ2n) is 8.23. The summed E-state index contributed by atoms with van der Waals surface area (Å²) in [7, 11) is 1.07. The summed E-state index contributed by atoms with van der Waals surface area (Å²) in [6.07, 6.45) is -6.25. The van der Waals surface area contributed by atoms with E-state index in [2.05, 4.69) is 9.97 Å². The lowest BCUT2D eigenvalue weighted by Gasteiger charge is -2.32. The molecule has 0 spiro atoms. The number of nitrogens with one attached hydrogen (secondary N) is 1. The highest BCUT2D eigenvalue weighted by molar-refractivity contribution is 5.75. The average Bonchev–Trinajstić information content (AvgIpc) is 3.07. The average molecular weight is 479 g/mol. The maximum Gasteiger partial charge on any atom is 0.417 e. The van der Waals surface area contributed by atoms with E-state index in [0.717, 1.165) is 32.2 Å². The van der Waals surface area contributed by atoms with Crippen LogP contribution in [0.15, 0.2) is 35.1 Å². The maximum atomic E-state index is 14.5. The first-order valence-corrected chi connectivity index (χ1v) is 10.1. The molecule has 3 heterocycles. The largest absolute Gasteiger partial charge is 0.493 e. The lowest BCUT2D eigenvalue weighted by atomic mass is 9.76. The number of pyridine rings is 2. The van der Waals surface area contributed by atoms with Crippen molar-refractivity contribution in [2.45, 2.75) is 37.6 Å². The number of hydrogen-bond donors (Lipinski definition) is 1. The maximum absolute atomic E-state index is 14.5. The van der Waals surface area contributed by atoms with Crippen LogP contribution < -0.4 is 10.2 Å². The Morgan fingerprint density at radius 3 is 2.56 bits per heavy atom. The highest BCUT2D eigenvalue weighted by atomic mass is 19.4. The molecule has 4 atom stereocenters. The molecular formula is C23H18F5N3O3. The molecule has 0 aliphatic carbocycles. The molecule has 0 radical (unpaired) electrons. The topological polar surface area (TPSA) is 88.0 Å². The Bertz CT molecular complexity index is 1380. The van der Waals surface area contributed by atoms with Crippen molar-refractivity contribution in [3.05, 3.63) is 69.1 Å². The van der Waals surface area contributed by atoms with Crippen LogP contribution >= 0.6 is 0 Å². The molecule has 2 aromatic heterocycles. The van der Waals surface area contributed by atoms with Gasteiger partial charge in [0.1, 0.15) is 23.5 Å². The summed E-state index contributed by atoms with van der Waals surface area (Å²) < 4.78 is 81.3. The standard InChI is InChI=1S/C23H18F5N3O3/c1-10-17(13-6-7-14(24)18(25)19(13)33-3)20(34-22(10,2)23(26,27)28)15-8-16(32)12-5-4-11(9-29)30-21(12)31-15/h4-8,10,17,20H,1-3H3,(H,30,31,32)/t10-,17-,20-,22+/m0/s1. The van der Waals surface area contributed by atoms with Gasteiger partial charge in [-0.2, -0.15) is 22.8 Å². The van der Waals surface area contributed by atoms with E-state index in [4.69, 9.17) is 14.7 Å². The van der Waals surface area contributed by atoms with Gasteiger partial charge in [-0.3, -0.25) is 4.79 Å². The van der Waals surface area contributed by atoms with Crippen molar-refractivity contribution in [3.63, 3.8) is 0 Å². The molecule has 0 saturated carbocycles. The Balaban J connectivity index is 1.97. The number of ether oxygens (including phenoxy) is 2. The van der Waals surface area contributed by atoms with Crippen LogP contribution in [-0.4, -0.2) is 28.9 Å². The Morgan fingerprint density at radius 2 is 1.94 bits per heavy atom. The molecule has 178 valence electrons. The molecule has 4 rings (SSSR count). The fourth-order valence-corrected chi connectivity index (χ4v) is 4.44. The zero-order valence-corrected chi connectivity index (χ0v) is 18.1. The first-order chi connectivity index (χ1) is 15.9. The van der Waals surface area contributed by atoms with Crippen LogP contribution in [0.2, 0.25) is 0 Å². The minimum absolute atomic E-state index is 0.0139. The number of fused-ring (bicyclic) bond motifs is 1. The fourth-order valence-electron chi connectivity index (χ4n) is 4.44. The van der Waals surface area contributed by atoms with Gasteiger partial charge in [0, 0.05) is 23.5 Å². The van der Waals surface area contributed by atoms with Crippen molar-refractivity contribution >= 4 is 11.0 Å². The van der Waals surface area contributed by atoms with E-state index >= 15 is 0 Å². The third-order valence-electron chi connectivity index (χ3n) is 6.44. The number of methoxy groups -OCH3 is 1. The van der Waals surface area contributed by atoms with Crippen molar-refractivity contribution in [3.8, 4) is 11.8 Å². The smallest absolute Gasteiger partial charge is 0.417 e. The van der Waals surface area contributed by atoms with Crippen LogP contribution in [0.1, 0.15) is 42.8 Å². The van der Waals surface area contributed by atoms with Gasteiger partial charge >= 0.3 is 6.18 Å². The van der Waals surface area contributed by atoms with Gasteiger partial charge in [-0.05, 0) is 25.1 Å². The molecule has 6 nitrogen and oxygen atoms in total. The molecule has 0 amide bonds. The number of halogens is 5. The number of hydrogen-bond acceptors (Lipinski definition) is 5. The van der Waals surface area contributed by atoms with Gasteiger partial charge in [-0.15, -0.1) is 0 Å². The SMILES string of the molecule is COc1c([C@H]2[C@H](c3cc(=O)c4ccc(C#N)nc4[nH]3)O[C@@](C)(C(F)(F)F)[C@H]2C)ccc(F)c1F. The molecule has 0 unspecified atom stereocenters. The van der Waals surface area contributed by atoms with Gasteiger partial charge in [-0.25, -0.2) is 9.37 Å². The lowest BCUT2D eigenvalue weighted by molar-refractivity contribution is -0.275. The number of nitrogens with zero attached hydrogens (tertiary/aromatic N) is 2. The van der Waals surface area contributed by atoms with E-state index in [0.29, 0.717) is 0 Å². The molecule has 1 fully saturated rings. The second-order valence-corrected chi connectivity index (χ2v) is 8.23. The molecular weight excluding hydrogens is 461 g/mol. The summed E-state index contributed by atoms with van der Waals surface area (Å²) in [5.74, 6) is -5.61. The van der Waals surface area contributed by atoms with Gasteiger partial charge < -0.3 is 14.5 Å². The predicted octanol–water partition coefficient (Wildman–Crippen LogP) is 4.89. The third kappa shape index (κ3) is 3.49. The zero-order valence-electron chi connectivity index (χ0n) is 18.1. The summed E-state index contributed by atoms with van der Waals surface area (Å²) in [4.78, 5) is 19.5. The van der Waals surface area contributed by atoms with Gasteiger partial charge in [0.15, 0.2) is 22.6 Å². The summed E-state index contributed by atoms with van der Waals surface area (Å²) in [6.45, 7) is 2.15. The number of aromatic nitrogens is 2. The van der Waals surface area contributed by atoms with Crippen LogP contribution in [0.3, 0.4) is 0 Å². The predicted molar refractivity (Wildman–Crippen MR) is 110 cm³/mol. The normalized spacial score (nSPS) is 24.9. The van der Waals surface area contributed by atoms with Crippen molar-refractivity contribution in [2.24, 2.45) is 5.92 Å². The third-order valence-corrected chi connectivity index (χ3v) is 6.44. The summed E-state index contributed by atoms with van der Waals surface area (Å²) in [5.41, 5.74) is -3.39. The van der Waals surface area contributed by atoms with Crippen molar-refractivity contribution in [1.29, 1.82) is 5.26 Å². The Morgan fingerprint density at radius 1 is 1.24 bits per heavy atom. The number of benzene rings is 1. The number of rotatable bonds is 3. The van der Waals surface area contributed by atoms with E-state index in [1.807, 2.05) is 6.07 Å². The zero-order chi connectivity index (χ0) is 25.0. The number of nitriles is 1. The van der Waals surface area contributed by atoms with Crippen LogP contribution in [0.4, 0.5) is 22.0 Å². The van der Waals surface area contributed by atoms with Crippen LogP contribution in [-0.2, 0) is 4.74 Å². The van der Waals surface area contributed by atoms with Crippen molar-refractivity contribution in [2.75, 3.05) is 7.11 Å². The molecule has 1 aromatic carbocycles. The van der Waals surface area contributed by atoms with Crippen LogP contribution in [0.25, 0.3) is 11.0 Å². The van der Waals surface area contributed by atoms with Crippen molar-refractivity contribution < 1.29 is 31.4 Å².